The van der Waals surface area contributed by atoms with Crippen molar-refractivity contribution in [2.75, 3.05) is 5.32 Å². The van der Waals surface area contributed by atoms with E-state index in [9.17, 15) is 19.7 Å². The van der Waals surface area contributed by atoms with E-state index in [0.717, 1.165) is 5.56 Å². The molecule has 0 saturated heterocycles. The fourth-order valence-electron chi connectivity index (χ4n) is 2.46. The zero-order valence-corrected chi connectivity index (χ0v) is 16.3. The summed E-state index contributed by atoms with van der Waals surface area (Å²) in [4.78, 5) is 34.2. The Morgan fingerprint density at radius 2 is 1.93 bits per heavy atom. The van der Waals surface area contributed by atoms with Gasteiger partial charge in [0.15, 0.2) is 0 Å². The number of hydrogen-bond acceptors (Lipinski definition) is 6. The van der Waals surface area contributed by atoms with Gasteiger partial charge in [0.05, 0.1) is 11.1 Å². The maximum absolute atomic E-state index is 12.0. The lowest BCUT2D eigenvalue weighted by Crippen LogP contribution is -2.32. The molecule has 0 atom stereocenters. The normalized spacial score (nSPS) is 10.7. The van der Waals surface area contributed by atoms with Crippen LogP contribution >= 0.6 is 11.6 Å². The third-order valence-corrected chi connectivity index (χ3v) is 4.22. The van der Waals surface area contributed by atoms with Gasteiger partial charge in [0.25, 0.3) is 5.69 Å². The standard InChI is InChI=1S/C20H15ClN4O5/c1-12-5-6-14(21)10-17(12)23-19(26)20(27)24-22-11-16-7-8-18(30-16)13-3-2-4-15(9-13)25(28)29/h2-11H,1H3,(H,23,26)(H,24,27)/b22-11+. The van der Waals surface area contributed by atoms with Crippen molar-refractivity contribution in [1.82, 2.24) is 5.43 Å². The number of furan rings is 1. The second kappa shape index (κ2) is 9.01. The number of carbonyl (C=O) groups is 2. The number of rotatable bonds is 5. The van der Waals surface area contributed by atoms with Crippen molar-refractivity contribution < 1.29 is 18.9 Å². The van der Waals surface area contributed by atoms with Gasteiger partial charge in [-0.2, -0.15) is 5.10 Å². The van der Waals surface area contributed by atoms with Gasteiger partial charge < -0.3 is 9.73 Å². The first-order valence-electron chi connectivity index (χ1n) is 8.58. The lowest BCUT2D eigenvalue weighted by Gasteiger charge is -2.07. The van der Waals surface area contributed by atoms with Gasteiger partial charge >= 0.3 is 11.8 Å². The summed E-state index contributed by atoms with van der Waals surface area (Å²) in [5.41, 5.74) is 3.71. The summed E-state index contributed by atoms with van der Waals surface area (Å²) in [5, 5.41) is 17.4. The third kappa shape index (κ3) is 5.09. The first-order chi connectivity index (χ1) is 14.3. The van der Waals surface area contributed by atoms with Crippen LogP contribution in [0.3, 0.4) is 0 Å². The SMILES string of the molecule is Cc1ccc(Cl)cc1NC(=O)C(=O)N/N=C/c1ccc(-c2cccc([N+](=O)[O-])c2)o1. The monoisotopic (exact) mass is 426 g/mol. The number of aryl methyl sites for hydroxylation is 1. The van der Waals surface area contributed by atoms with Gasteiger partial charge in [-0.15, -0.1) is 0 Å². The van der Waals surface area contributed by atoms with Crippen LogP contribution in [0.25, 0.3) is 11.3 Å². The largest absolute Gasteiger partial charge is 0.455 e. The summed E-state index contributed by atoms with van der Waals surface area (Å²) >= 11 is 5.88. The van der Waals surface area contributed by atoms with Crippen LogP contribution in [0, 0.1) is 17.0 Å². The number of nitro benzene ring substituents is 1. The number of benzene rings is 2. The van der Waals surface area contributed by atoms with Crippen molar-refractivity contribution in [2.45, 2.75) is 6.92 Å². The molecule has 3 rings (SSSR count). The van der Waals surface area contributed by atoms with E-state index in [1.807, 2.05) is 0 Å². The van der Waals surface area contributed by atoms with Crippen LogP contribution < -0.4 is 10.7 Å². The zero-order chi connectivity index (χ0) is 21.7. The molecule has 1 aromatic heterocycles. The number of nitro groups is 1. The van der Waals surface area contributed by atoms with E-state index in [0.29, 0.717) is 22.0 Å². The molecular weight excluding hydrogens is 412 g/mol. The molecule has 0 spiro atoms. The predicted octanol–water partition coefficient (Wildman–Crippen LogP) is 3.91. The summed E-state index contributed by atoms with van der Waals surface area (Å²) in [7, 11) is 0. The summed E-state index contributed by atoms with van der Waals surface area (Å²) in [5.74, 6) is -1.21. The van der Waals surface area contributed by atoms with Gasteiger partial charge in [0.1, 0.15) is 11.5 Å². The molecule has 0 saturated carbocycles. The molecule has 0 aliphatic rings. The highest BCUT2D eigenvalue weighted by Gasteiger charge is 2.14. The molecule has 0 unspecified atom stereocenters. The predicted molar refractivity (Wildman–Crippen MR) is 111 cm³/mol. The van der Waals surface area contributed by atoms with Gasteiger partial charge in [0, 0.05) is 28.4 Å². The molecule has 0 aliphatic heterocycles. The number of hydrogen-bond donors (Lipinski definition) is 2. The highest BCUT2D eigenvalue weighted by atomic mass is 35.5. The molecule has 2 amide bonds. The second-order valence-electron chi connectivity index (χ2n) is 6.12. The molecule has 30 heavy (non-hydrogen) atoms. The Hall–Kier alpha value is -3.98. The molecule has 9 nitrogen and oxygen atoms in total. The number of anilines is 1. The quantitative estimate of drug-likeness (QED) is 0.277. The fourth-order valence-corrected chi connectivity index (χ4v) is 2.64. The molecule has 0 bridgehead atoms. The molecule has 1 heterocycles. The number of nitrogens with one attached hydrogen (secondary N) is 2. The smallest absolute Gasteiger partial charge is 0.329 e. The highest BCUT2D eigenvalue weighted by molar-refractivity contribution is 6.40. The Kier molecular flexibility index (Phi) is 6.23. The third-order valence-electron chi connectivity index (χ3n) is 3.98. The van der Waals surface area contributed by atoms with Gasteiger partial charge in [-0.1, -0.05) is 29.8 Å². The van der Waals surface area contributed by atoms with E-state index in [-0.39, 0.29) is 11.4 Å². The minimum atomic E-state index is -0.976. The van der Waals surface area contributed by atoms with E-state index >= 15 is 0 Å². The van der Waals surface area contributed by atoms with Crippen molar-refractivity contribution in [2.24, 2.45) is 5.10 Å². The summed E-state index contributed by atoms with van der Waals surface area (Å²) < 4.78 is 5.53. The van der Waals surface area contributed by atoms with Gasteiger partial charge in [-0.25, -0.2) is 5.43 Å². The van der Waals surface area contributed by atoms with Crippen LogP contribution in [0.15, 0.2) is 64.1 Å². The first-order valence-corrected chi connectivity index (χ1v) is 8.96. The fraction of sp³-hybridized carbons (Fsp3) is 0.0500. The lowest BCUT2D eigenvalue weighted by molar-refractivity contribution is -0.384. The minimum Gasteiger partial charge on any atom is -0.455 e. The highest BCUT2D eigenvalue weighted by Crippen LogP contribution is 2.25. The van der Waals surface area contributed by atoms with Crippen molar-refractivity contribution >= 4 is 41.0 Å². The minimum absolute atomic E-state index is 0.0627. The van der Waals surface area contributed by atoms with Crippen LogP contribution in [-0.4, -0.2) is 23.0 Å². The molecule has 152 valence electrons. The second-order valence-corrected chi connectivity index (χ2v) is 6.56. The molecule has 2 N–H and O–H groups in total. The van der Waals surface area contributed by atoms with E-state index < -0.39 is 16.7 Å². The maximum Gasteiger partial charge on any atom is 0.329 e. The number of non-ortho nitro benzene ring substituents is 1. The van der Waals surface area contributed by atoms with E-state index in [2.05, 4.69) is 15.8 Å². The molecule has 2 aromatic carbocycles. The van der Waals surface area contributed by atoms with Crippen LogP contribution in [0.5, 0.6) is 0 Å². The number of halogens is 1. The zero-order valence-electron chi connectivity index (χ0n) is 15.6. The van der Waals surface area contributed by atoms with Gasteiger partial charge in [-0.3, -0.25) is 19.7 Å². The number of carbonyl (C=O) groups excluding carboxylic acids is 2. The van der Waals surface area contributed by atoms with Crippen LogP contribution in [0.1, 0.15) is 11.3 Å². The summed E-state index contributed by atoms with van der Waals surface area (Å²) in [6.07, 6.45) is 1.21. The Balaban J connectivity index is 1.61. The van der Waals surface area contributed by atoms with Crippen LogP contribution in [0.2, 0.25) is 5.02 Å². The van der Waals surface area contributed by atoms with Crippen molar-refractivity contribution in [3.63, 3.8) is 0 Å². The summed E-state index contributed by atoms with van der Waals surface area (Å²) in [6.45, 7) is 1.76. The van der Waals surface area contributed by atoms with Crippen molar-refractivity contribution in [1.29, 1.82) is 0 Å². The van der Waals surface area contributed by atoms with E-state index in [1.165, 1.54) is 24.4 Å². The molecule has 3 aromatic rings. The Morgan fingerprint density at radius 3 is 2.70 bits per heavy atom. The van der Waals surface area contributed by atoms with Crippen LogP contribution in [-0.2, 0) is 9.59 Å². The van der Waals surface area contributed by atoms with Crippen molar-refractivity contribution in [3.05, 3.63) is 81.1 Å². The van der Waals surface area contributed by atoms with Gasteiger partial charge in [0.2, 0.25) is 0 Å². The van der Waals surface area contributed by atoms with Gasteiger partial charge in [-0.05, 0) is 36.8 Å². The molecule has 0 radical (unpaired) electrons. The number of nitrogens with zero attached hydrogens (tertiary/aromatic N) is 2. The topological polar surface area (TPSA) is 127 Å². The van der Waals surface area contributed by atoms with E-state index in [4.69, 9.17) is 16.0 Å². The lowest BCUT2D eigenvalue weighted by atomic mass is 10.1. The molecule has 10 heteroatoms. The first kappa shape index (κ1) is 20.7. The molecule has 0 fully saturated rings. The van der Waals surface area contributed by atoms with Crippen molar-refractivity contribution in [3.8, 4) is 11.3 Å². The Bertz CT molecular complexity index is 1160. The molecule has 0 aliphatic carbocycles. The summed E-state index contributed by atoms with van der Waals surface area (Å²) in [6, 6.07) is 14.1. The Morgan fingerprint density at radius 1 is 1.13 bits per heavy atom. The van der Waals surface area contributed by atoms with E-state index in [1.54, 1.807) is 43.3 Å². The van der Waals surface area contributed by atoms with Crippen LogP contribution in [0.4, 0.5) is 11.4 Å². The average Bonchev–Trinajstić information content (AvgIpc) is 3.19. The molecular formula is C20H15ClN4O5. The average molecular weight is 427 g/mol. The maximum atomic E-state index is 12.0. The Labute approximate surface area is 175 Å². The number of hydrazone groups is 1. The number of amides is 2.